The molecule has 1 aliphatic rings. The Morgan fingerprint density at radius 1 is 0.848 bits per heavy atom. The molecule has 168 valence electrons. The summed E-state index contributed by atoms with van der Waals surface area (Å²) in [6.45, 7) is 9.91. The van der Waals surface area contributed by atoms with Gasteiger partial charge in [-0.25, -0.2) is 9.69 Å². The fourth-order valence-corrected chi connectivity index (χ4v) is 4.12. The van der Waals surface area contributed by atoms with Gasteiger partial charge in [-0.3, -0.25) is 14.9 Å². The molecule has 1 aliphatic heterocycles. The fourth-order valence-electron chi connectivity index (χ4n) is 4.12. The van der Waals surface area contributed by atoms with Crippen LogP contribution in [0.1, 0.15) is 40.6 Å². The monoisotopic (exact) mass is 441 g/mol. The van der Waals surface area contributed by atoms with Gasteiger partial charge in [0.15, 0.2) is 0 Å². The van der Waals surface area contributed by atoms with Gasteiger partial charge in [0.05, 0.1) is 5.69 Å². The van der Waals surface area contributed by atoms with Crippen molar-refractivity contribution in [3.63, 3.8) is 0 Å². The Hall–Kier alpha value is -3.93. The molecule has 0 unspecified atom stereocenters. The van der Waals surface area contributed by atoms with Crippen molar-refractivity contribution < 1.29 is 14.4 Å². The predicted octanol–water partition coefficient (Wildman–Crippen LogP) is 4.94. The van der Waals surface area contributed by atoms with E-state index in [4.69, 9.17) is 0 Å². The Morgan fingerprint density at radius 2 is 1.52 bits per heavy atom. The molecular formula is C27H27N3O3. The average Bonchev–Trinajstić information content (AvgIpc) is 3.06. The number of amides is 4. The highest BCUT2D eigenvalue weighted by atomic mass is 16.2. The number of imide groups is 2. The van der Waals surface area contributed by atoms with Crippen molar-refractivity contribution in [3.8, 4) is 5.69 Å². The summed E-state index contributed by atoms with van der Waals surface area (Å²) in [7, 11) is 0. The Morgan fingerprint density at radius 3 is 2.15 bits per heavy atom. The topological polar surface area (TPSA) is 71.4 Å². The highest BCUT2D eigenvalue weighted by Crippen LogP contribution is 2.27. The number of hydrogen-bond donors (Lipinski definition) is 1. The van der Waals surface area contributed by atoms with Crippen molar-refractivity contribution in [2.45, 2.75) is 41.0 Å². The van der Waals surface area contributed by atoms with E-state index in [1.807, 2.05) is 39.8 Å². The first-order valence-electron chi connectivity index (χ1n) is 11.0. The van der Waals surface area contributed by atoms with Crippen LogP contribution < -0.4 is 10.2 Å². The van der Waals surface area contributed by atoms with Crippen LogP contribution in [-0.2, 0) is 16.0 Å². The van der Waals surface area contributed by atoms with Crippen LogP contribution in [0.2, 0.25) is 0 Å². The molecule has 6 heteroatoms. The molecule has 0 spiro atoms. The first-order valence-corrected chi connectivity index (χ1v) is 11.0. The second-order valence-electron chi connectivity index (χ2n) is 8.41. The third-order valence-electron chi connectivity index (χ3n) is 6.22. The summed E-state index contributed by atoms with van der Waals surface area (Å²) in [4.78, 5) is 39.4. The van der Waals surface area contributed by atoms with Gasteiger partial charge in [-0.05, 0) is 92.8 Å². The lowest BCUT2D eigenvalue weighted by atomic mass is 10.1. The minimum atomic E-state index is -0.744. The third-order valence-corrected chi connectivity index (χ3v) is 6.22. The number of barbiturate groups is 1. The molecule has 0 radical (unpaired) electrons. The maximum absolute atomic E-state index is 13.3. The molecule has 0 atom stereocenters. The highest BCUT2D eigenvalue weighted by molar-refractivity contribution is 6.39. The number of anilines is 1. The van der Waals surface area contributed by atoms with Gasteiger partial charge in [0.2, 0.25) is 0 Å². The van der Waals surface area contributed by atoms with Crippen LogP contribution >= 0.6 is 0 Å². The van der Waals surface area contributed by atoms with Gasteiger partial charge in [-0.15, -0.1) is 0 Å². The van der Waals surface area contributed by atoms with E-state index in [0.29, 0.717) is 5.69 Å². The molecule has 0 aliphatic carbocycles. The number of rotatable bonds is 4. The summed E-state index contributed by atoms with van der Waals surface area (Å²) in [6.07, 6.45) is 2.53. The Bertz CT molecular complexity index is 1310. The van der Waals surface area contributed by atoms with Crippen molar-refractivity contribution in [1.29, 1.82) is 0 Å². The van der Waals surface area contributed by atoms with Crippen LogP contribution in [0, 0.1) is 27.7 Å². The van der Waals surface area contributed by atoms with E-state index in [1.54, 1.807) is 18.2 Å². The van der Waals surface area contributed by atoms with Crippen LogP contribution in [0.5, 0.6) is 0 Å². The maximum Gasteiger partial charge on any atom is 0.335 e. The molecule has 0 bridgehead atoms. The Kier molecular flexibility index (Phi) is 5.77. The van der Waals surface area contributed by atoms with Crippen molar-refractivity contribution >= 4 is 29.6 Å². The zero-order valence-electron chi connectivity index (χ0n) is 19.5. The lowest BCUT2D eigenvalue weighted by Crippen LogP contribution is -2.54. The van der Waals surface area contributed by atoms with E-state index >= 15 is 0 Å². The first-order chi connectivity index (χ1) is 15.7. The van der Waals surface area contributed by atoms with E-state index in [0.717, 1.165) is 45.1 Å². The molecular weight excluding hydrogens is 414 g/mol. The van der Waals surface area contributed by atoms with Gasteiger partial charge in [-0.1, -0.05) is 25.1 Å². The van der Waals surface area contributed by atoms with Gasteiger partial charge in [0, 0.05) is 17.1 Å². The van der Waals surface area contributed by atoms with Gasteiger partial charge in [0.1, 0.15) is 5.57 Å². The zero-order valence-corrected chi connectivity index (χ0v) is 19.5. The molecule has 1 fully saturated rings. The predicted molar refractivity (Wildman–Crippen MR) is 130 cm³/mol. The highest BCUT2D eigenvalue weighted by Gasteiger charge is 2.37. The summed E-state index contributed by atoms with van der Waals surface area (Å²) in [5.41, 5.74) is 7.26. The maximum atomic E-state index is 13.3. The van der Waals surface area contributed by atoms with Gasteiger partial charge in [0.25, 0.3) is 11.8 Å². The van der Waals surface area contributed by atoms with Crippen LogP contribution in [0.3, 0.4) is 0 Å². The van der Waals surface area contributed by atoms with Crippen molar-refractivity contribution in [2.24, 2.45) is 0 Å². The lowest BCUT2D eigenvalue weighted by molar-refractivity contribution is -0.122. The number of benzene rings is 2. The largest absolute Gasteiger partial charge is 0.335 e. The molecule has 1 aromatic heterocycles. The molecule has 33 heavy (non-hydrogen) atoms. The van der Waals surface area contributed by atoms with Gasteiger partial charge >= 0.3 is 6.03 Å². The fraction of sp³-hybridized carbons (Fsp3) is 0.222. The van der Waals surface area contributed by atoms with Crippen molar-refractivity contribution in [3.05, 3.63) is 87.7 Å². The lowest BCUT2D eigenvalue weighted by Gasteiger charge is -2.26. The standard InChI is InChI=1S/C27H27N3O3/c1-6-20-8-11-22(12-9-20)29-18(4)14-21(19(29)5)15-24-25(31)28-27(33)30(26(24)32)23-10-7-16(2)17(3)13-23/h7-15H,6H2,1-5H3,(H,28,31,33)/b24-15+. The van der Waals surface area contributed by atoms with Crippen LogP contribution in [-0.4, -0.2) is 22.4 Å². The van der Waals surface area contributed by atoms with Crippen LogP contribution in [0.15, 0.2) is 54.1 Å². The van der Waals surface area contributed by atoms with Gasteiger partial charge in [-0.2, -0.15) is 0 Å². The number of aryl methyl sites for hydroxylation is 4. The zero-order chi connectivity index (χ0) is 23.9. The Labute approximate surface area is 193 Å². The van der Waals surface area contributed by atoms with E-state index in [-0.39, 0.29) is 5.57 Å². The van der Waals surface area contributed by atoms with Crippen molar-refractivity contribution in [1.82, 2.24) is 9.88 Å². The molecule has 1 saturated heterocycles. The molecule has 2 aromatic carbocycles. The number of urea groups is 1. The average molecular weight is 442 g/mol. The van der Waals surface area contributed by atoms with E-state index in [2.05, 4.69) is 41.1 Å². The summed E-state index contributed by atoms with van der Waals surface area (Å²) >= 11 is 0. The number of carbonyl (C=O) groups excluding carboxylic acids is 3. The smallest absolute Gasteiger partial charge is 0.318 e. The summed E-state index contributed by atoms with van der Waals surface area (Å²) in [6, 6.07) is 14.8. The summed E-state index contributed by atoms with van der Waals surface area (Å²) < 4.78 is 2.09. The quantitative estimate of drug-likeness (QED) is 0.460. The minimum absolute atomic E-state index is 0.0746. The normalized spacial score (nSPS) is 15.4. The number of nitrogens with zero attached hydrogens (tertiary/aromatic N) is 2. The third kappa shape index (κ3) is 4.00. The van der Waals surface area contributed by atoms with Crippen LogP contribution in [0.25, 0.3) is 11.8 Å². The second kappa shape index (κ2) is 8.54. The molecule has 6 nitrogen and oxygen atoms in total. The first kappa shape index (κ1) is 22.3. The van der Waals surface area contributed by atoms with Crippen LogP contribution in [0.4, 0.5) is 10.5 Å². The molecule has 2 heterocycles. The van der Waals surface area contributed by atoms with E-state index < -0.39 is 17.8 Å². The molecule has 1 N–H and O–H groups in total. The number of carbonyl (C=O) groups is 3. The van der Waals surface area contributed by atoms with E-state index in [1.165, 1.54) is 5.56 Å². The summed E-state index contributed by atoms with van der Waals surface area (Å²) in [5, 5.41) is 2.30. The summed E-state index contributed by atoms with van der Waals surface area (Å²) in [5.74, 6) is -1.33. The minimum Gasteiger partial charge on any atom is -0.318 e. The van der Waals surface area contributed by atoms with E-state index in [9.17, 15) is 14.4 Å². The molecule has 3 aromatic rings. The number of aromatic nitrogens is 1. The second-order valence-corrected chi connectivity index (χ2v) is 8.41. The molecule has 4 rings (SSSR count). The van der Waals surface area contributed by atoms with Gasteiger partial charge < -0.3 is 4.57 Å². The molecule has 4 amide bonds. The Balaban J connectivity index is 1.74. The van der Waals surface area contributed by atoms with Crippen molar-refractivity contribution in [2.75, 3.05) is 4.90 Å². The number of nitrogens with one attached hydrogen (secondary N) is 1. The molecule has 0 saturated carbocycles. The SMILES string of the molecule is CCc1ccc(-n2c(C)cc(/C=C3\C(=O)NC(=O)N(c4ccc(C)c(C)c4)C3=O)c2C)cc1. The number of hydrogen-bond acceptors (Lipinski definition) is 3.